The molecule has 1 fully saturated rings. The highest BCUT2D eigenvalue weighted by atomic mass is 35.5. The van der Waals surface area contributed by atoms with Crippen LogP contribution in [0, 0.1) is 0 Å². The SMILES string of the molecule is COc1ccc(C[C@H](NC(=O)Nc2ccc(Cl)cc2)c2nnn(C3CNC3)n2)cc1. The zero-order valence-corrected chi connectivity index (χ0v) is 17.1. The maximum atomic E-state index is 12.6. The van der Waals surface area contributed by atoms with Crippen LogP contribution in [-0.2, 0) is 6.42 Å². The van der Waals surface area contributed by atoms with Gasteiger partial charge in [0.2, 0.25) is 0 Å². The number of carbonyl (C=O) groups excluding carboxylic acids is 1. The van der Waals surface area contributed by atoms with Gasteiger partial charge in [-0.3, -0.25) is 0 Å². The number of urea groups is 1. The van der Waals surface area contributed by atoms with E-state index >= 15 is 0 Å². The molecule has 1 saturated heterocycles. The number of hydrogen-bond acceptors (Lipinski definition) is 6. The Hall–Kier alpha value is -3.17. The first-order valence-electron chi connectivity index (χ1n) is 9.57. The number of nitrogens with one attached hydrogen (secondary N) is 3. The third-order valence-corrected chi connectivity index (χ3v) is 5.10. The number of aromatic nitrogens is 4. The molecule has 1 aromatic heterocycles. The first-order chi connectivity index (χ1) is 14.6. The summed E-state index contributed by atoms with van der Waals surface area (Å²) >= 11 is 5.90. The zero-order chi connectivity index (χ0) is 20.9. The summed E-state index contributed by atoms with van der Waals surface area (Å²) in [6, 6.07) is 13.9. The molecular weight excluding hydrogens is 406 g/mol. The molecule has 10 heteroatoms. The minimum atomic E-state index is -0.451. The van der Waals surface area contributed by atoms with Gasteiger partial charge in [0.1, 0.15) is 5.75 Å². The van der Waals surface area contributed by atoms with E-state index in [1.54, 1.807) is 36.2 Å². The Morgan fingerprint density at radius 1 is 1.23 bits per heavy atom. The summed E-state index contributed by atoms with van der Waals surface area (Å²) < 4.78 is 5.21. The van der Waals surface area contributed by atoms with Gasteiger partial charge >= 0.3 is 6.03 Å². The number of tetrazole rings is 1. The number of rotatable bonds is 7. The van der Waals surface area contributed by atoms with Gasteiger partial charge in [0.05, 0.1) is 19.2 Å². The van der Waals surface area contributed by atoms with Crippen LogP contribution >= 0.6 is 11.6 Å². The van der Waals surface area contributed by atoms with Gasteiger partial charge in [0, 0.05) is 30.2 Å². The number of carbonyl (C=O) groups is 1. The fourth-order valence-corrected chi connectivity index (χ4v) is 3.16. The second kappa shape index (κ2) is 9.10. The number of halogens is 1. The molecular formula is C20H22ClN7O2. The van der Waals surface area contributed by atoms with Crippen LogP contribution in [0.3, 0.4) is 0 Å². The number of benzene rings is 2. The second-order valence-corrected chi connectivity index (χ2v) is 7.43. The van der Waals surface area contributed by atoms with E-state index in [2.05, 4.69) is 31.4 Å². The summed E-state index contributed by atoms with van der Waals surface area (Å²) in [7, 11) is 1.62. The Morgan fingerprint density at radius 3 is 2.60 bits per heavy atom. The summed E-state index contributed by atoms with van der Waals surface area (Å²) in [6.45, 7) is 1.62. The van der Waals surface area contributed by atoms with Gasteiger partial charge in [-0.25, -0.2) is 4.79 Å². The van der Waals surface area contributed by atoms with Crippen molar-refractivity contribution >= 4 is 23.3 Å². The molecule has 156 valence electrons. The van der Waals surface area contributed by atoms with Crippen LogP contribution in [0.4, 0.5) is 10.5 Å². The van der Waals surface area contributed by atoms with E-state index in [0.717, 1.165) is 24.4 Å². The zero-order valence-electron chi connectivity index (χ0n) is 16.4. The third-order valence-electron chi connectivity index (χ3n) is 4.85. The summed E-state index contributed by atoms with van der Waals surface area (Å²) in [4.78, 5) is 14.2. The van der Waals surface area contributed by atoms with E-state index in [-0.39, 0.29) is 12.1 Å². The monoisotopic (exact) mass is 427 g/mol. The molecule has 2 aromatic carbocycles. The van der Waals surface area contributed by atoms with Gasteiger partial charge in [-0.1, -0.05) is 23.7 Å². The number of hydrogen-bond donors (Lipinski definition) is 3. The van der Waals surface area contributed by atoms with Gasteiger partial charge in [-0.05, 0) is 47.2 Å². The van der Waals surface area contributed by atoms with Gasteiger partial charge in [0.25, 0.3) is 0 Å². The minimum Gasteiger partial charge on any atom is -0.497 e. The van der Waals surface area contributed by atoms with Crippen LogP contribution < -0.4 is 20.7 Å². The van der Waals surface area contributed by atoms with Crippen molar-refractivity contribution in [1.29, 1.82) is 0 Å². The fourth-order valence-electron chi connectivity index (χ4n) is 3.03. The number of nitrogens with zero attached hydrogens (tertiary/aromatic N) is 4. The smallest absolute Gasteiger partial charge is 0.319 e. The van der Waals surface area contributed by atoms with Crippen LogP contribution in [0.15, 0.2) is 48.5 Å². The standard InChI is InChI=1S/C20H22ClN7O2/c1-30-17-8-2-13(3-9-17)10-18(19-25-27-28(26-19)16-11-22-12-16)24-20(29)23-15-6-4-14(21)5-7-15/h2-9,16,18,22H,10-12H2,1H3,(H2,23,24,29)/t18-/m0/s1. The molecule has 2 heterocycles. The molecule has 3 N–H and O–H groups in total. The second-order valence-electron chi connectivity index (χ2n) is 6.99. The largest absolute Gasteiger partial charge is 0.497 e. The summed E-state index contributed by atoms with van der Waals surface area (Å²) in [6.07, 6.45) is 0.507. The molecule has 0 radical (unpaired) electrons. The molecule has 4 rings (SSSR count). The fraction of sp³-hybridized carbons (Fsp3) is 0.300. The third kappa shape index (κ3) is 4.87. The van der Waals surface area contributed by atoms with Crippen molar-refractivity contribution in [2.45, 2.75) is 18.5 Å². The average Bonchev–Trinajstić information content (AvgIpc) is 3.18. The topological polar surface area (TPSA) is 106 Å². The lowest BCUT2D eigenvalue weighted by Gasteiger charge is -2.25. The van der Waals surface area contributed by atoms with Crippen molar-refractivity contribution in [3.8, 4) is 5.75 Å². The maximum Gasteiger partial charge on any atom is 0.319 e. The van der Waals surface area contributed by atoms with Crippen molar-refractivity contribution in [3.63, 3.8) is 0 Å². The predicted molar refractivity (Wildman–Crippen MR) is 113 cm³/mol. The highest BCUT2D eigenvalue weighted by Crippen LogP contribution is 2.20. The first-order valence-corrected chi connectivity index (χ1v) is 9.94. The van der Waals surface area contributed by atoms with Crippen molar-refractivity contribution < 1.29 is 9.53 Å². The van der Waals surface area contributed by atoms with E-state index in [9.17, 15) is 4.79 Å². The van der Waals surface area contributed by atoms with E-state index < -0.39 is 6.04 Å². The molecule has 0 unspecified atom stereocenters. The van der Waals surface area contributed by atoms with E-state index in [4.69, 9.17) is 16.3 Å². The van der Waals surface area contributed by atoms with Gasteiger partial charge in [-0.15, -0.1) is 10.2 Å². The molecule has 30 heavy (non-hydrogen) atoms. The van der Waals surface area contributed by atoms with E-state index in [1.807, 2.05) is 24.3 Å². The lowest BCUT2D eigenvalue weighted by Crippen LogP contribution is -2.44. The van der Waals surface area contributed by atoms with Crippen LogP contribution in [0.5, 0.6) is 5.75 Å². The number of methoxy groups -OCH3 is 1. The quantitative estimate of drug-likeness (QED) is 0.535. The molecule has 2 amide bonds. The van der Waals surface area contributed by atoms with E-state index in [1.165, 1.54) is 0 Å². The lowest BCUT2D eigenvalue weighted by molar-refractivity contribution is 0.247. The number of anilines is 1. The molecule has 1 aliphatic heterocycles. The molecule has 1 aliphatic rings. The summed E-state index contributed by atoms with van der Waals surface area (Å²) in [5.41, 5.74) is 1.64. The molecule has 3 aromatic rings. The Labute approximate surface area is 178 Å². The van der Waals surface area contributed by atoms with Crippen molar-refractivity contribution in [2.75, 3.05) is 25.5 Å². The lowest BCUT2D eigenvalue weighted by atomic mass is 10.1. The highest BCUT2D eigenvalue weighted by molar-refractivity contribution is 6.30. The Bertz CT molecular complexity index is 987. The summed E-state index contributed by atoms with van der Waals surface area (Å²) in [5, 5.41) is 22.4. The van der Waals surface area contributed by atoms with Crippen LogP contribution in [-0.4, -0.2) is 46.4 Å². The Balaban J connectivity index is 1.50. The molecule has 0 aliphatic carbocycles. The summed E-state index contributed by atoms with van der Waals surface area (Å²) in [5.74, 6) is 1.23. The Kier molecular flexibility index (Phi) is 6.10. The average molecular weight is 428 g/mol. The van der Waals surface area contributed by atoms with Gasteiger partial charge in [-0.2, -0.15) is 4.80 Å². The minimum absolute atomic E-state index is 0.191. The van der Waals surface area contributed by atoms with Crippen molar-refractivity contribution in [3.05, 3.63) is 64.9 Å². The molecule has 0 bridgehead atoms. The molecule has 0 spiro atoms. The van der Waals surface area contributed by atoms with E-state index in [0.29, 0.717) is 23.0 Å². The molecule has 1 atom stereocenters. The van der Waals surface area contributed by atoms with Crippen molar-refractivity contribution in [2.24, 2.45) is 0 Å². The van der Waals surface area contributed by atoms with Crippen molar-refractivity contribution in [1.82, 2.24) is 30.8 Å². The van der Waals surface area contributed by atoms with Crippen LogP contribution in [0.2, 0.25) is 5.02 Å². The normalized spacial score (nSPS) is 14.6. The highest BCUT2D eigenvalue weighted by Gasteiger charge is 2.25. The molecule has 0 saturated carbocycles. The van der Waals surface area contributed by atoms with Gasteiger partial charge in [0.15, 0.2) is 5.82 Å². The Morgan fingerprint density at radius 2 is 1.97 bits per heavy atom. The van der Waals surface area contributed by atoms with Crippen LogP contribution in [0.25, 0.3) is 0 Å². The first kappa shape index (κ1) is 20.1. The maximum absolute atomic E-state index is 12.6. The predicted octanol–water partition coefficient (Wildman–Crippen LogP) is 2.58. The number of amides is 2. The molecule has 9 nitrogen and oxygen atoms in total. The van der Waals surface area contributed by atoms with Gasteiger partial charge < -0.3 is 20.7 Å². The van der Waals surface area contributed by atoms with Crippen LogP contribution in [0.1, 0.15) is 23.5 Å². The number of ether oxygens (including phenoxy) is 1.